The topological polar surface area (TPSA) is 61.7 Å². The number of fused-ring (bicyclic) bond motifs is 10. The smallest absolute Gasteiger partial charge is 0.164 e. The van der Waals surface area contributed by atoms with E-state index < -0.39 is 0 Å². The van der Waals surface area contributed by atoms with Gasteiger partial charge in [-0.15, -0.1) is 0 Å². The van der Waals surface area contributed by atoms with Crippen LogP contribution < -0.4 is 0 Å². The van der Waals surface area contributed by atoms with Gasteiger partial charge in [-0.2, -0.15) is 0 Å². The summed E-state index contributed by atoms with van der Waals surface area (Å²) >= 11 is 0. The SMILES string of the molecule is CC(C)(C)c1cc(-c2nc(-c3cc(C(C)(C)C)cc(C(C)(C)C)c3)nc(-c3ccc(-n4c5ccccc5c5c6oc7ccccc7c6ccc54)c(-c4ccccc4-n4c5ccc(-c6ccccc6)cc5c5cc(-c6ccccc6)ccc54)c3)n2)cc(C(C)(C)C)c1. The van der Waals surface area contributed by atoms with Gasteiger partial charge in [0, 0.05) is 54.7 Å². The third kappa shape index (κ3) is 10.1. The average Bonchev–Trinajstić information content (AvgIpc) is 1.58. The highest BCUT2D eigenvalue weighted by Gasteiger charge is 2.28. The van der Waals surface area contributed by atoms with E-state index in [1.807, 2.05) is 0 Å². The van der Waals surface area contributed by atoms with Crippen molar-refractivity contribution in [3.63, 3.8) is 0 Å². The lowest BCUT2D eigenvalue weighted by molar-refractivity contribution is 0.568. The molecule has 0 amide bonds. The maximum Gasteiger partial charge on any atom is 0.164 e. The second-order valence-electron chi connectivity index (χ2n) is 29.0. The van der Waals surface area contributed by atoms with Gasteiger partial charge in [-0.3, -0.25) is 0 Å². The largest absolute Gasteiger partial charge is 0.455 e. The molecule has 0 spiro atoms. The van der Waals surface area contributed by atoms with Crippen molar-refractivity contribution in [1.82, 2.24) is 24.1 Å². The summed E-state index contributed by atoms with van der Waals surface area (Å²) in [7, 11) is 0. The highest BCUT2D eigenvalue weighted by atomic mass is 16.3. The first-order chi connectivity index (χ1) is 43.6. The Morgan fingerprint density at radius 3 is 1.23 bits per heavy atom. The Morgan fingerprint density at radius 1 is 0.275 bits per heavy atom. The van der Waals surface area contributed by atoms with Crippen LogP contribution in [0, 0.1) is 0 Å². The van der Waals surface area contributed by atoms with Crippen LogP contribution in [0.1, 0.15) is 105 Å². The molecule has 15 rings (SSSR count). The van der Waals surface area contributed by atoms with Crippen LogP contribution in [0.25, 0.3) is 144 Å². The van der Waals surface area contributed by atoms with Crippen LogP contribution in [0.3, 0.4) is 0 Å². The van der Waals surface area contributed by atoms with Gasteiger partial charge < -0.3 is 13.6 Å². The lowest BCUT2D eigenvalue weighted by atomic mass is 9.79. The number of aromatic nitrogens is 5. The monoisotopic (exact) mass is 1180 g/mol. The van der Waals surface area contributed by atoms with Crippen LogP contribution in [-0.2, 0) is 21.7 Å². The molecule has 0 aliphatic rings. The highest BCUT2D eigenvalue weighted by molar-refractivity contribution is 6.24. The molecule has 0 atom stereocenters. The lowest BCUT2D eigenvalue weighted by Gasteiger charge is -2.26. The van der Waals surface area contributed by atoms with Crippen molar-refractivity contribution >= 4 is 65.6 Å². The number of para-hydroxylation sites is 3. The summed E-state index contributed by atoms with van der Waals surface area (Å²) in [5.41, 5.74) is 22.1. The van der Waals surface area contributed by atoms with E-state index in [2.05, 4.69) is 329 Å². The zero-order chi connectivity index (χ0) is 62.9. The second kappa shape index (κ2) is 21.2. The van der Waals surface area contributed by atoms with E-state index in [9.17, 15) is 0 Å². The van der Waals surface area contributed by atoms with E-state index in [0.717, 1.165) is 94.0 Å². The van der Waals surface area contributed by atoms with E-state index in [4.69, 9.17) is 19.4 Å². The first-order valence-corrected chi connectivity index (χ1v) is 32.0. The van der Waals surface area contributed by atoms with Crippen molar-refractivity contribution < 1.29 is 4.42 Å². The molecule has 0 radical (unpaired) electrons. The van der Waals surface area contributed by atoms with Crippen molar-refractivity contribution in [3.05, 3.63) is 259 Å². The first-order valence-electron chi connectivity index (χ1n) is 32.0. The molecule has 11 aromatic carbocycles. The number of hydrogen-bond donors (Lipinski definition) is 0. The van der Waals surface area contributed by atoms with Crippen LogP contribution in [-0.4, -0.2) is 24.1 Å². The Hall–Kier alpha value is -10.2. The van der Waals surface area contributed by atoms with Gasteiger partial charge in [-0.1, -0.05) is 223 Å². The standard InChI is InChI=1S/C85H75N5O/c1-82(2,3)59-43-57(44-60(50-59)83(4,5)6)80-86-79(87-81(88-80)58-45-61(84(7,8)9)51-62(46-58)85(10,11)12)56-37-41-72(90-71-33-23-20-31-66(71)77-75(90)42-38-65-64-30-21-24-34-76(64)91-78(65)77)67(49-56)63-29-19-22-32-70(63)89-73-39-35-54(52-25-15-13-16-26-52)47-68(73)69-48-55(36-40-74(69)89)53-27-17-14-18-28-53/h13-51H,1-12H3. The summed E-state index contributed by atoms with van der Waals surface area (Å²) in [5, 5.41) is 6.73. The number of nitrogens with zero attached hydrogens (tertiary/aromatic N) is 5. The van der Waals surface area contributed by atoms with Gasteiger partial charge in [0.2, 0.25) is 0 Å². The second-order valence-corrected chi connectivity index (χ2v) is 29.0. The molecule has 0 fully saturated rings. The van der Waals surface area contributed by atoms with E-state index in [1.165, 1.54) is 55.3 Å². The fraction of sp³-hybridized carbons (Fsp3) is 0.188. The fourth-order valence-electron chi connectivity index (χ4n) is 13.4. The number of rotatable bonds is 8. The summed E-state index contributed by atoms with van der Waals surface area (Å²) in [6.45, 7) is 27.4. The molecular weight excluding hydrogens is 1110 g/mol. The average molecular weight is 1180 g/mol. The molecule has 6 nitrogen and oxygen atoms in total. The molecule has 91 heavy (non-hydrogen) atoms. The van der Waals surface area contributed by atoms with Crippen molar-refractivity contribution in [3.8, 4) is 78.9 Å². The molecule has 0 aliphatic heterocycles. The van der Waals surface area contributed by atoms with Gasteiger partial charge in [0.05, 0.1) is 38.8 Å². The van der Waals surface area contributed by atoms with Gasteiger partial charge in [0.15, 0.2) is 17.5 Å². The van der Waals surface area contributed by atoms with E-state index >= 15 is 0 Å². The molecular formula is C85H75N5O. The predicted molar refractivity (Wildman–Crippen MR) is 383 cm³/mol. The number of benzene rings is 11. The molecule has 0 N–H and O–H groups in total. The number of hydrogen-bond acceptors (Lipinski definition) is 4. The summed E-state index contributed by atoms with van der Waals surface area (Å²) in [6, 6.07) is 86.7. The van der Waals surface area contributed by atoms with Gasteiger partial charge in [-0.05, 0) is 163 Å². The predicted octanol–water partition coefficient (Wildman–Crippen LogP) is 23.2. The van der Waals surface area contributed by atoms with E-state index in [1.54, 1.807) is 0 Å². The minimum atomic E-state index is -0.136. The minimum absolute atomic E-state index is 0.136. The molecule has 15 aromatic rings. The molecule has 0 bridgehead atoms. The summed E-state index contributed by atoms with van der Waals surface area (Å²) in [4.78, 5) is 16.8. The van der Waals surface area contributed by atoms with Crippen LogP contribution in [0.5, 0.6) is 0 Å². The Morgan fingerprint density at radius 2 is 0.692 bits per heavy atom. The zero-order valence-electron chi connectivity index (χ0n) is 54.2. The molecule has 0 aliphatic carbocycles. The van der Waals surface area contributed by atoms with Crippen molar-refractivity contribution in [1.29, 1.82) is 0 Å². The molecule has 6 heteroatoms. The quantitative estimate of drug-likeness (QED) is 0.152. The summed E-state index contributed by atoms with van der Waals surface area (Å²) in [5.74, 6) is 1.86. The van der Waals surface area contributed by atoms with Crippen LogP contribution in [0.4, 0.5) is 0 Å². The summed E-state index contributed by atoms with van der Waals surface area (Å²) < 4.78 is 11.8. The third-order valence-electron chi connectivity index (χ3n) is 18.6. The van der Waals surface area contributed by atoms with Crippen LogP contribution in [0.15, 0.2) is 241 Å². The van der Waals surface area contributed by atoms with Crippen LogP contribution in [0.2, 0.25) is 0 Å². The molecule has 4 heterocycles. The normalized spacial score (nSPS) is 12.6. The van der Waals surface area contributed by atoms with Crippen molar-refractivity contribution in [2.45, 2.75) is 105 Å². The van der Waals surface area contributed by atoms with Crippen LogP contribution >= 0.6 is 0 Å². The van der Waals surface area contributed by atoms with Crippen molar-refractivity contribution in [2.75, 3.05) is 0 Å². The van der Waals surface area contributed by atoms with Gasteiger partial charge in [0.1, 0.15) is 11.2 Å². The Kier molecular flexibility index (Phi) is 13.4. The zero-order valence-corrected chi connectivity index (χ0v) is 54.2. The molecule has 0 unspecified atom stereocenters. The van der Waals surface area contributed by atoms with Gasteiger partial charge >= 0.3 is 0 Å². The number of furan rings is 1. The lowest BCUT2D eigenvalue weighted by Crippen LogP contribution is -2.17. The maximum atomic E-state index is 6.90. The van der Waals surface area contributed by atoms with Crippen molar-refractivity contribution in [2.24, 2.45) is 0 Å². The Balaban J connectivity index is 1.04. The fourth-order valence-corrected chi connectivity index (χ4v) is 13.4. The van der Waals surface area contributed by atoms with Gasteiger partial charge in [0.25, 0.3) is 0 Å². The van der Waals surface area contributed by atoms with E-state index in [0.29, 0.717) is 17.5 Å². The van der Waals surface area contributed by atoms with Gasteiger partial charge in [-0.25, -0.2) is 15.0 Å². The Labute approximate surface area is 533 Å². The summed E-state index contributed by atoms with van der Waals surface area (Å²) in [6.07, 6.45) is 0. The molecule has 0 saturated carbocycles. The Bertz CT molecular complexity index is 5120. The first kappa shape index (κ1) is 57.3. The maximum absolute atomic E-state index is 6.90. The molecule has 446 valence electrons. The molecule has 4 aromatic heterocycles. The minimum Gasteiger partial charge on any atom is -0.455 e. The third-order valence-corrected chi connectivity index (χ3v) is 18.6. The highest BCUT2D eigenvalue weighted by Crippen LogP contribution is 2.47. The van der Waals surface area contributed by atoms with E-state index in [-0.39, 0.29) is 21.7 Å². The molecule has 0 saturated heterocycles.